The molecule has 0 saturated carbocycles. The van der Waals surface area contributed by atoms with Crippen molar-refractivity contribution in [2.75, 3.05) is 0 Å². The number of amides is 1. The van der Waals surface area contributed by atoms with Gasteiger partial charge in [-0.05, 0) is 18.2 Å². The van der Waals surface area contributed by atoms with Crippen LogP contribution in [0.1, 0.15) is 25.9 Å². The smallest absolute Gasteiger partial charge is 0.355 e. The first-order valence-electron chi connectivity index (χ1n) is 5.42. The van der Waals surface area contributed by atoms with Crippen LogP contribution < -0.4 is 5.32 Å². The molecule has 0 spiro atoms. The third-order valence-corrected chi connectivity index (χ3v) is 3.54. The number of aromatic nitrogens is 1. The molecule has 0 aliphatic heterocycles. The van der Waals surface area contributed by atoms with Crippen LogP contribution in [-0.4, -0.2) is 27.1 Å². The quantitative estimate of drug-likeness (QED) is 0.803. The van der Waals surface area contributed by atoms with E-state index >= 15 is 0 Å². The fourth-order valence-corrected chi connectivity index (χ4v) is 2.34. The van der Waals surface area contributed by atoms with E-state index in [0.29, 0.717) is 5.01 Å². The van der Waals surface area contributed by atoms with Gasteiger partial charge in [-0.15, -0.1) is 11.3 Å². The maximum atomic E-state index is 11.9. The summed E-state index contributed by atoms with van der Waals surface area (Å²) in [4.78, 5) is 26.4. The molecule has 0 fully saturated rings. The second-order valence-corrected chi connectivity index (χ2v) is 5.13. The van der Waals surface area contributed by atoms with Crippen molar-refractivity contribution in [3.8, 4) is 5.75 Å². The summed E-state index contributed by atoms with van der Waals surface area (Å²) in [5.74, 6) is -1.66. The molecule has 3 N–H and O–H groups in total. The van der Waals surface area contributed by atoms with Crippen molar-refractivity contribution in [1.82, 2.24) is 10.3 Å². The van der Waals surface area contributed by atoms with Gasteiger partial charge in [0.2, 0.25) is 0 Å². The molecule has 1 amide bonds. The van der Waals surface area contributed by atoms with Gasteiger partial charge in [-0.1, -0.05) is 11.6 Å². The van der Waals surface area contributed by atoms with Crippen molar-refractivity contribution < 1.29 is 19.8 Å². The highest BCUT2D eigenvalue weighted by Gasteiger charge is 2.13. The van der Waals surface area contributed by atoms with Crippen molar-refractivity contribution in [2.45, 2.75) is 6.54 Å². The number of benzene rings is 1. The molecule has 0 radical (unpaired) electrons. The Morgan fingerprint density at radius 3 is 2.80 bits per heavy atom. The molecule has 0 saturated heterocycles. The number of rotatable bonds is 4. The van der Waals surface area contributed by atoms with Gasteiger partial charge in [-0.3, -0.25) is 4.79 Å². The molecule has 8 heteroatoms. The average Bonchev–Trinajstić information content (AvgIpc) is 2.88. The van der Waals surface area contributed by atoms with E-state index < -0.39 is 11.9 Å². The van der Waals surface area contributed by atoms with Gasteiger partial charge >= 0.3 is 5.97 Å². The summed E-state index contributed by atoms with van der Waals surface area (Å²) < 4.78 is 0. The molecule has 1 aromatic carbocycles. The third kappa shape index (κ3) is 3.25. The van der Waals surface area contributed by atoms with Crippen molar-refractivity contribution in [3.05, 3.63) is 44.9 Å². The maximum Gasteiger partial charge on any atom is 0.355 e. The van der Waals surface area contributed by atoms with Gasteiger partial charge in [0.1, 0.15) is 10.8 Å². The second-order valence-electron chi connectivity index (χ2n) is 3.78. The highest BCUT2D eigenvalue weighted by molar-refractivity contribution is 7.09. The zero-order chi connectivity index (χ0) is 14.7. The zero-order valence-electron chi connectivity index (χ0n) is 9.96. The largest absolute Gasteiger partial charge is 0.508 e. The van der Waals surface area contributed by atoms with Crippen molar-refractivity contribution in [2.24, 2.45) is 0 Å². The van der Waals surface area contributed by atoms with Gasteiger partial charge in [0, 0.05) is 5.38 Å². The van der Waals surface area contributed by atoms with Gasteiger partial charge in [-0.2, -0.15) is 0 Å². The number of nitrogens with one attached hydrogen (secondary N) is 1. The Morgan fingerprint density at radius 1 is 1.40 bits per heavy atom. The van der Waals surface area contributed by atoms with Crippen LogP contribution in [-0.2, 0) is 6.54 Å². The van der Waals surface area contributed by atoms with E-state index in [9.17, 15) is 14.7 Å². The Bertz CT molecular complexity index is 671. The topological polar surface area (TPSA) is 99.5 Å². The number of carboxylic acid groups (broad SMARTS) is 1. The lowest BCUT2D eigenvalue weighted by Gasteiger charge is -2.05. The summed E-state index contributed by atoms with van der Waals surface area (Å²) in [5.41, 5.74) is 0.0799. The van der Waals surface area contributed by atoms with Gasteiger partial charge in [0.25, 0.3) is 5.91 Å². The molecule has 0 unspecified atom stereocenters. The number of nitrogens with zero attached hydrogens (tertiary/aromatic N) is 1. The zero-order valence-corrected chi connectivity index (χ0v) is 11.5. The van der Waals surface area contributed by atoms with Gasteiger partial charge < -0.3 is 15.5 Å². The standard InChI is InChI=1S/C12H9ClN2O4S/c13-8-2-1-6(16)3-7(8)11(17)14-4-10-15-9(5-20-10)12(18)19/h1-3,5,16H,4H2,(H,14,17)(H,18,19). The Labute approximate surface area is 122 Å². The van der Waals surface area contributed by atoms with E-state index in [2.05, 4.69) is 10.3 Å². The molecule has 2 aromatic rings. The monoisotopic (exact) mass is 312 g/mol. The summed E-state index contributed by atoms with van der Waals surface area (Å²) in [6.45, 7) is 0.0861. The van der Waals surface area contributed by atoms with E-state index in [1.165, 1.54) is 23.6 Å². The number of aromatic carboxylic acids is 1. The number of hydrogen-bond acceptors (Lipinski definition) is 5. The van der Waals surface area contributed by atoms with Crippen LogP contribution in [0.5, 0.6) is 5.75 Å². The van der Waals surface area contributed by atoms with E-state index in [-0.39, 0.29) is 28.6 Å². The highest BCUT2D eigenvalue weighted by atomic mass is 35.5. The van der Waals surface area contributed by atoms with Crippen LogP contribution in [0.25, 0.3) is 0 Å². The Kier molecular flexibility index (Phi) is 4.21. The Morgan fingerprint density at radius 2 is 2.15 bits per heavy atom. The normalized spacial score (nSPS) is 10.2. The third-order valence-electron chi connectivity index (χ3n) is 2.37. The molecule has 2 rings (SSSR count). The van der Waals surface area contributed by atoms with Crippen LogP contribution in [0.4, 0.5) is 0 Å². The maximum absolute atomic E-state index is 11.9. The fraction of sp³-hybridized carbons (Fsp3) is 0.0833. The first-order valence-corrected chi connectivity index (χ1v) is 6.67. The van der Waals surface area contributed by atoms with Crippen LogP contribution in [0.15, 0.2) is 23.6 Å². The number of carbonyl (C=O) groups excluding carboxylic acids is 1. The number of halogens is 1. The highest BCUT2D eigenvalue weighted by Crippen LogP contribution is 2.21. The Balaban J connectivity index is 2.04. The lowest BCUT2D eigenvalue weighted by molar-refractivity contribution is 0.0691. The van der Waals surface area contributed by atoms with E-state index in [1.807, 2.05) is 0 Å². The van der Waals surface area contributed by atoms with E-state index in [1.54, 1.807) is 0 Å². The second kappa shape index (κ2) is 5.89. The van der Waals surface area contributed by atoms with Crippen LogP contribution in [0.3, 0.4) is 0 Å². The molecular formula is C12H9ClN2O4S. The molecule has 6 nitrogen and oxygen atoms in total. The average molecular weight is 313 g/mol. The minimum atomic E-state index is -1.12. The number of hydrogen-bond donors (Lipinski definition) is 3. The van der Waals surface area contributed by atoms with Gasteiger partial charge in [0.15, 0.2) is 5.69 Å². The minimum absolute atomic E-state index is 0.0605. The molecule has 0 aliphatic rings. The van der Waals surface area contributed by atoms with E-state index in [4.69, 9.17) is 16.7 Å². The number of aromatic hydroxyl groups is 1. The molecular weight excluding hydrogens is 304 g/mol. The molecule has 0 atom stereocenters. The van der Waals surface area contributed by atoms with Gasteiger partial charge in [-0.25, -0.2) is 9.78 Å². The lowest BCUT2D eigenvalue weighted by Crippen LogP contribution is -2.23. The molecule has 0 bridgehead atoms. The van der Waals surface area contributed by atoms with E-state index in [0.717, 1.165) is 11.3 Å². The first kappa shape index (κ1) is 14.3. The molecule has 104 valence electrons. The fourth-order valence-electron chi connectivity index (χ4n) is 1.43. The molecule has 1 heterocycles. The predicted octanol–water partition coefficient (Wildman–Crippen LogP) is 2.13. The van der Waals surface area contributed by atoms with Crippen LogP contribution in [0.2, 0.25) is 5.02 Å². The van der Waals surface area contributed by atoms with Crippen molar-refractivity contribution in [1.29, 1.82) is 0 Å². The number of carboxylic acids is 1. The SMILES string of the molecule is O=C(O)c1csc(CNC(=O)c2cc(O)ccc2Cl)n1. The summed E-state index contributed by atoms with van der Waals surface area (Å²) in [6.07, 6.45) is 0. The van der Waals surface area contributed by atoms with Crippen molar-refractivity contribution in [3.63, 3.8) is 0 Å². The van der Waals surface area contributed by atoms with Crippen LogP contribution in [0, 0.1) is 0 Å². The first-order chi connectivity index (χ1) is 9.47. The summed E-state index contributed by atoms with van der Waals surface area (Å²) >= 11 is 6.99. The molecule has 1 aromatic heterocycles. The number of phenols is 1. The number of phenolic OH excluding ortho intramolecular Hbond substituents is 1. The molecule has 0 aliphatic carbocycles. The summed E-state index contributed by atoms with van der Waals surface area (Å²) in [6, 6.07) is 4.04. The Hall–Kier alpha value is -2.12. The minimum Gasteiger partial charge on any atom is -0.508 e. The summed E-state index contributed by atoms with van der Waals surface area (Å²) in [7, 11) is 0. The molecule has 20 heavy (non-hydrogen) atoms. The van der Waals surface area contributed by atoms with Crippen LogP contribution >= 0.6 is 22.9 Å². The van der Waals surface area contributed by atoms with Crippen molar-refractivity contribution >= 4 is 34.8 Å². The predicted molar refractivity (Wildman–Crippen MR) is 73.4 cm³/mol. The number of thiazole rings is 1. The number of carbonyl (C=O) groups is 2. The lowest BCUT2D eigenvalue weighted by atomic mass is 10.2. The summed E-state index contributed by atoms with van der Waals surface area (Å²) in [5, 5.41) is 22.7. The van der Waals surface area contributed by atoms with Gasteiger partial charge in [0.05, 0.1) is 17.1 Å².